The van der Waals surface area contributed by atoms with E-state index in [1.54, 1.807) is 11.1 Å². The number of hydrogen-bond donors (Lipinski definition) is 1. The molecule has 1 atom stereocenters. The van der Waals surface area contributed by atoms with Gasteiger partial charge < -0.3 is 5.32 Å². The molecule has 2 heterocycles. The van der Waals surface area contributed by atoms with E-state index in [-0.39, 0.29) is 18.2 Å². The van der Waals surface area contributed by atoms with Gasteiger partial charge in [-0.15, -0.1) is 0 Å². The number of rotatable bonds is 6. The standard InChI is InChI=1S/C28H24N4O2S/c1-19-9-12-22(13-10-19)31-28-32(18-24-8-4-5-15-29-24)27(34)25(35-28)17-26(33)30-23-14-11-20-6-2-3-7-21(20)16-23/h2-16,25H,17-18H2,1H3,(H,30,33). The van der Waals surface area contributed by atoms with Gasteiger partial charge in [0, 0.05) is 18.3 Å². The summed E-state index contributed by atoms with van der Waals surface area (Å²) in [6.07, 6.45) is 1.76. The fraction of sp³-hybridized carbons (Fsp3) is 0.143. The number of pyridine rings is 1. The van der Waals surface area contributed by atoms with E-state index in [2.05, 4.69) is 10.3 Å². The van der Waals surface area contributed by atoms with Crippen molar-refractivity contribution in [3.05, 3.63) is 102 Å². The van der Waals surface area contributed by atoms with Crippen molar-refractivity contribution >= 4 is 50.9 Å². The van der Waals surface area contributed by atoms with Gasteiger partial charge in [0.1, 0.15) is 5.25 Å². The van der Waals surface area contributed by atoms with E-state index in [4.69, 9.17) is 4.99 Å². The second-order valence-electron chi connectivity index (χ2n) is 8.40. The van der Waals surface area contributed by atoms with Crippen LogP contribution in [0.5, 0.6) is 0 Å². The zero-order chi connectivity index (χ0) is 24.2. The predicted molar refractivity (Wildman–Crippen MR) is 142 cm³/mol. The van der Waals surface area contributed by atoms with E-state index in [0.717, 1.165) is 27.7 Å². The summed E-state index contributed by atoms with van der Waals surface area (Å²) >= 11 is 1.32. The Labute approximate surface area is 208 Å². The number of thioether (sulfide) groups is 1. The van der Waals surface area contributed by atoms with Gasteiger partial charge in [-0.1, -0.05) is 65.9 Å². The summed E-state index contributed by atoms with van der Waals surface area (Å²) in [5, 5.41) is 5.12. The lowest BCUT2D eigenvalue weighted by atomic mass is 10.1. The molecular formula is C28H24N4O2S. The van der Waals surface area contributed by atoms with Crippen LogP contribution in [0.1, 0.15) is 17.7 Å². The number of amides is 2. The van der Waals surface area contributed by atoms with Crippen molar-refractivity contribution in [2.45, 2.75) is 25.1 Å². The largest absolute Gasteiger partial charge is 0.326 e. The van der Waals surface area contributed by atoms with Crippen molar-refractivity contribution in [2.24, 2.45) is 4.99 Å². The van der Waals surface area contributed by atoms with Crippen LogP contribution in [0.3, 0.4) is 0 Å². The van der Waals surface area contributed by atoms with Crippen LogP contribution in [0.4, 0.5) is 11.4 Å². The van der Waals surface area contributed by atoms with E-state index in [0.29, 0.717) is 17.4 Å². The van der Waals surface area contributed by atoms with Gasteiger partial charge in [-0.05, 0) is 54.1 Å². The van der Waals surface area contributed by atoms with Crippen LogP contribution in [-0.4, -0.2) is 32.1 Å². The molecule has 0 spiro atoms. The molecule has 1 unspecified atom stereocenters. The number of amidine groups is 1. The average Bonchev–Trinajstić information content (AvgIpc) is 3.14. The van der Waals surface area contributed by atoms with Crippen LogP contribution in [0.2, 0.25) is 0 Å². The summed E-state index contributed by atoms with van der Waals surface area (Å²) in [5.74, 6) is -0.347. The molecule has 1 aliphatic rings. The summed E-state index contributed by atoms with van der Waals surface area (Å²) in [5.41, 5.74) is 3.37. The van der Waals surface area contributed by atoms with Gasteiger partial charge in [0.15, 0.2) is 5.17 Å². The van der Waals surface area contributed by atoms with Gasteiger partial charge in [0.05, 0.1) is 17.9 Å². The quantitative estimate of drug-likeness (QED) is 0.384. The minimum Gasteiger partial charge on any atom is -0.326 e. The number of aliphatic imine (C=N–C) groups is 1. The number of carbonyl (C=O) groups is 2. The molecular weight excluding hydrogens is 456 g/mol. The molecule has 0 aliphatic carbocycles. The monoisotopic (exact) mass is 480 g/mol. The Morgan fingerprint density at radius 1 is 1.00 bits per heavy atom. The minimum absolute atomic E-state index is 0.0575. The number of anilines is 1. The van der Waals surface area contributed by atoms with Crippen LogP contribution < -0.4 is 5.32 Å². The fourth-order valence-corrected chi connectivity index (χ4v) is 5.06. The zero-order valence-corrected chi connectivity index (χ0v) is 20.0. The Bertz CT molecular complexity index is 1400. The molecule has 35 heavy (non-hydrogen) atoms. The maximum Gasteiger partial charge on any atom is 0.243 e. The Balaban J connectivity index is 1.34. The van der Waals surface area contributed by atoms with Gasteiger partial charge >= 0.3 is 0 Å². The zero-order valence-electron chi connectivity index (χ0n) is 19.2. The number of aryl methyl sites for hydroxylation is 1. The van der Waals surface area contributed by atoms with Crippen molar-refractivity contribution in [2.75, 3.05) is 5.32 Å². The number of nitrogens with one attached hydrogen (secondary N) is 1. The van der Waals surface area contributed by atoms with Crippen molar-refractivity contribution in [1.29, 1.82) is 0 Å². The number of benzene rings is 3. The second kappa shape index (κ2) is 10.1. The third-order valence-electron chi connectivity index (χ3n) is 5.73. The molecule has 4 aromatic rings. The number of nitrogens with zero attached hydrogens (tertiary/aromatic N) is 3. The summed E-state index contributed by atoms with van der Waals surface area (Å²) < 4.78 is 0. The van der Waals surface area contributed by atoms with Crippen LogP contribution in [0.25, 0.3) is 10.8 Å². The lowest BCUT2D eigenvalue weighted by molar-refractivity contribution is -0.128. The highest BCUT2D eigenvalue weighted by Gasteiger charge is 2.39. The van der Waals surface area contributed by atoms with Crippen LogP contribution >= 0.6 is 11.8 Å². The molecule has 0 bridgehead atoms. The van der Waals surface area contributed by atoms with Crippen molar-refractivity contribution < 1.29 is 9.59 Å². The molecule has 3 aromatic carbocycles. The molecule has 7 heteroatoms. The molecule has 0 saturated carbocycles. The lowest BCUT2D eigenvalue weighted by Crippen LogP contribution is -2.33. The smallest absolute Gasteiger partial charge is 0.243 e. The highest BCUT2D eigenvalue weighted by molar-refractivity contribution is 8.15. The molecule has 5 rings (SSSR count). The lowest BCUT2D eigenvalue weighted by Gasteiger charge is -2.16. The number of fused-ring (bicyclic) bond motifs is 1. The highest BCUT2D eigenvalue weighted by atomic mass is 32.2. The third kappa shape index (κ3) is 5.41. The first kappa shape index (κ1) is 22.8. The van der Waals surface area contributed by atoms with Crippen molar-refractivity contribution in [1.82, 2.24) is 9.88 Å². The molecule has 1 N–H and O–H groups in total. The molecule has 6 nitrogen and oxygen atoms in total. The van der Waals surface area contributed by atoms with E-state index in [1.165, 1.54) is 11.8 Å². The Hall–Kier alpha value is -3.97. The summed E-state index contributed by atoms with van der Waals surface area (Å²) in [7, 11) is 0. The maximum absolute atomic E-state index is 13.3. The van der Waals surface area contributed by atoms with Crippen molar-refractivity contribution in [3.63, 3.8) is 0 Å². The van der Waals surface area contributed by atoms with Gasteiger partial charge in [-0.25, -0.2) is 4.99 Å². The average molecular weight is 481 g/mol. The first-order valence-electron chi connectivity index (χ1n) is 11.4. The van der Waals surface area contributed by atoms with Crippen LogP contribution in [0, 0.1) is 6.92 Å². The van der Waals surface area contributed by atoms with E-state index < -0.39 is 5.25 Å². The van der Waals surface area contributed by atoms with E-state index >= 15 is 0 Å². The van der Waals surface area contributed by atoms with E-state index in [9.17, 15) is 9.59 Å². The third-order valence-corrected chi connectivity index (χ3v) is 6.90. The summed E-state index contributed by atoms with van der Waals surface area (Å²) in [6, 6.07) is 27.2. The summed E-state index contributed by atoms with van der Waals surface area (Å²) in [6.45, 7) is 2.32. The highest BCUT2D eigenvalue weighted by Crippen LogP contribution is 2.33. The van der Waals surface area contributed by atoms with Gasteiger partial charge in [-0.3, -0.25) is 19.5 Å². The molecule has 1 aromatic heterocycles. The van der Waals surface area contributed by atoms with Crippen molar-refractivity contribution in [3.8, 4) is 0 Å². The maximum atomic E-state index is 13.3. The minimum atomic E-state index is -0.552. The second-order valence-corrected chi connectivity index (χ2v) is 9.57. The van der Waals surface area contributed by atoms with Gasteiger partial charge in [-0.2, -0.15) is 0 Å². The van der Waals surface area contributed by atoms with Gasteiger partial charge in [0.2, 0.25) is 11.8 Å². The predicted octanol–water partition coefficient (Wildman–Crippen LogP) is 5.70. The van der Waals surface area contributed by atoms with Crippen LogP contribution in [-0.2, 0) is 16.1 Å². The normalized spacial score (nSPS) is 16.7. The summed E-state index contributed by atoms with van der Waals surface area (Å²) in [4.78, 5) is 36.9. The number of aromatic nitrogens is 1. The SMILES string of the molecule is Cc1ccc(N=C2SC(CC(=O)Nc3ccc4ccccc4c3)C(=O)N2Cc2ccccn2)cc1. The molecule has 174 valence electrons. The Morgan fingerprint density at radius 2 is 1.77 bits per heavy atom. The molecule has 2 amide bonds. The number of carbonyl (C=O) groups excluding carboxylic acids is 2. The molecule has 1 aliphatic heterocycles. The molecule has 1 saturated heterocycles. The first-order valence-corrected chi connectivity index (χ1v) is 12.2. The molecule has 0 radical (unpaired) electrons. The van der Waals surface area contributed by atoms with Crippen LogP contribution in [0.15, 0.2) is 96.1 Å². The Kier molecular flexibility index (Phi) is 6.59. The first-order chi connectivity index (χ1) is 17.0. The topological polar surface area (TPSA) is 74.7 Å². The number of hydrogen-bond acceptors (Lipinski definition) is 5. The molecule has 1 fully saturated rings. The van der Waals surface area contributed by atoms with E-state index in [1.807, 2.05) is 91.9 Å². The van der Waals surface area contributed by atoms with Gasteiger partial charge in [0.25, 0.3) is 0 Å². The Morgan fingerprint density at radius 3 is 2.54 bits per heavy atom. The fourth-order valence-electron chi connectivity index (χ4n) is 3.90.